The Morgan fingerprint density at radius 3 is 2.35 bits per heavy atom. The molecule has 0 aliphatic carbocycles. The molecule has 2 aromatic rings. The Balaban J connectivity index is 0.00000338. The van der Waals surface area contributed by atoms with E-state index in [1.165, 1.54) is 24.3 Å². The van der Waals surface area contributed by atoms with Crippen LogP contribution in [0.15, 0.2) is 47.4 Å². The van der Waals surface area contributed by atoms with Crippen molar-refractivity contribution in [2.45, 2.75) is 50.3 Å². The fourth-order valence-corrected chi connectivity index (χ4v) is 3.39. The van der Waals surface area contributed by atoms with Gasteiger partial charge in [-0.25, -0.2) is 0 Å². The van der Waals surface area contributed by atoms with Crippen LogP contribution in [0.3, 0.4) is 0 Å². The van der Waals surface area contributed by atoms with Crippen LogP contribution in [0, 0.1) is 0 Å². The summed E-state index contributed by atoms with van der Waals surface area (Å²) in [4.78, 5) is -0.0899. The molecule has 0 saturated carbocycles. The first-order chi connectivity index (χ1) is 11.9. The van der Waals surface area contributed by atoms with Crippen LogP contribution in [0.4, 0.5) is 0 Å². The van der Waals surface area contributed by atoms with Gasteiger partial charge in [-0.05, 0) is 48.7 Å². The van der Waals surface area contributed by atoms with Crippen molar-refractivity contribution in [2.24, 2.45) is 0 Å². The summed E-state index contributed by atoms with van der Waals surface area (Å²) in [5, 5.41) is 11.4. The summed E-state index contributed by atoms with van der Waals surface area (Å²) in [6, 6.07) is 10.5. The minimum absolute atomic E-state index is 0. The molecule has 0 aromatic heterocycles. The second-order valence-corrected chi connectivity index (χ2v) is 7.38. The molecule has 0 unspecified atom stereocenters. The Morgan fingerprint density at radius 1 is 1.00 bits per heavy atom. The van der Waals surface area contributed by atoms with E-state index in [1.54, 1.807) is 18.2 Å². The molecule has 2 aromatic carbocycles. The Labute approximate surface area is 198 Å². The normalized spacial score (nSPS) is 11.0. The van der Waals surface area contributed by atoms with E-state index in [0.29, 0.717) is 23.5 Å². The topological polar surface area (TPSA) is 86.7 Å². The van der Waals surface area contributed by atoms with Crippen LogP contribution in [0.25, 0.3) is 0 Å². The minimum Gasteiger partial charge on any atom is -0.872 e. The molecule has 2 rings (SSSR count). The maximum atomic E-state index is 11.6. The van der Waals surface area contributed by atoms with Crippen molar-refractivity contribution in [1.29, 1.82) is 0 Å². The monoisotopic (exact) mass is 402 g/mol. The minimum atomic E-state index is -4.28. The second-order valence-electron chi connectivity index (χ2n) is 5.99. The van der Waals surface area contributed by atoms with E-state index >= 15 is 0 Å². The van der Waals surface area contributed by atoms with Crippen LogP contribution in [0.5, 0.6) is 17.2 Å². The fraction of sp³-hybridized carbons (Fsp3) is 0.368. The molecular weight excluding hydrogens is 379 g/mol. The van der Waals surface area contributed by atoms with Gasteiger partial charge in [0.25, 0.3) is 10.1 Å². The van der Waals surface area contributed by atoms with Gasteiger partial charge in [-0.1, -0.05) is 44.7 Å². The number of unbranched alkanes of at least 4 members (excludes halogenated alkanes) is 4. The first-order valence-corrected chi connectivity index (χ1v) is 9.89. The molecule has 1 N–H and O–H groups in total. The molecule has 0 aliphatic rings. The van der Waals surface area contributed by atoms with Gasteiger partial charge in [0, 0.05) is 0 Å². The summed E-state index contributed by atoms with van der Waals surface area (Å²) in [6.07, 6.45) is 5.77. The molecule has 136 valence electrons. The Bertz CT molecular complexity index is 805. The van der Waals surface area contributed by atoms with Crippen molar-refractivity contribution in [3.05, 3.63) is 48.0 Å². The van der Waals surface area contributed by atoms with E-state index in [4.69, 9.17) is 4.74 Å². The molecule has 0 fully saturated rings. The molecular formula is C19H23KO5S. The molecule has 0 atom stereocenters. The first kappa shape index (κ1) is 23.6. The van der Waals surface area contributed by atoms with Crippen LogP contribution >= 0.6 is 0 Å². The molecule has 0 amide bonds. The van der Waals surface area contributed by atoms with Crippen molar-refractivity contribution < 1.29 is 74.2 Å². The van der Waals surface area contributed by atoms with Crippen molar-refractivity contribution in [3.63, 3.8) is 0 Å². The average Bonchev–Trinajstić information content (AvgIpc) is 2.54. The van der Waals surface area contributed by atoms with Gasteiger partial charge in [0.1, 0.15) is 11.5 Å². The van der Waals surface area contributed by atoms with Crippen LogP contribution in [-0.4, -0.2) is 13.0 Å². The third-order valence-electron chi connectivity index (χ3n) is 3.90. The summed E-state index contributed by atoms with van der Waals surface area (Å²) >= 11 is 0. The Kier molecular flexibility index (Phi) is 10.4. The predicted octanol–water partition coefficient (Wildman–Crippen LogP) is 1.32. The molecule has 0 saturated heterocycles. The van der Waals surface area contributed by atoms with Crippen molar-refractivity contribution >= 4 is 10.1 Å². The molecule has 26 heavy (non-hydrogen) atoms. The standard InChI is InChI=1S/C19H24O5S.K/c1-2-3-4-5-6-8-15-13-18(11-12-19(15)25(21,22)23)24-17-10-7-9-16(20)14-17;/h7,9-14,20H,2-6,8H2,1H3,(H,21,22,23);/q;+1/p-1. The number of ether oxygens (including phenoxy) is 1. The van der Waals surface area contributed by atoms with Gasteiger partial charge in [-0.2, -0.15) is 8.42 Å². The summed E-state index contributed by atoms with van der Waals surface area (Å²) in [7, 11) is -4.28. The molecule has 0 radical (unpaired) electrons. The van der Waals surface area contributed by atoms with Crippen LogP contribution in [-0.2, 0) is 16.5 Å². The first-order valence-electron chi connectivity index (χ1n) is 8.45. The maximum Gasteiger partial charge on any atom is 1.00 e. The molecule has 0 spiro atoms. The summed E-state index contributed by atoms with van der Waals surface area (Å²) in [5.41, 5.74) is 0.523. The van der Waals surface area contributed by atoms with E-state index in [9.17, 15) is 18.1 Å². The van der Waals surface area contributed by atoms with Gasteiger partial charge < -0.3 is 9.84 Å². The molecule has 5 nitrogen and oxygen atoms in total. The number of aryl methyl sites for hydroxylation is 1. The zero-order valence-corrected chi connectivity index (χ0v) is 19.2. The maximum absolute atomic E-state index is 11.6. The molecule has 0 bridgehead atoms. The summed E-state index contributed by atoms with van der Waals surface area (Å²) in [5.74, 6) is 0.658. The number of hydrogen-bond acceptors (Lipinski definition) is 4. The predicted molar refractivity (Wildman–Crippen MR) is 94.7 cm³/mol. The van der Waals surface area contributed by atoms with E-state index in [0.717, 1.165) is 32.1 Å². The van der Waals surface area contributed by atoms with Crippen LogP contribution in [0.1, 0.15) is 44.6 Å². The number of benzene rings is 2. The quantitative estimate of drug-likeness (QED) is 0.388. The van der Waals surface area contributed by atoms with Crippen LogP contribution < -0.4 is 61.2 Å². The summed E-state index contributed by atoms with van der Waals surface area (Å²) < 4.78 is 38.2. The van der Waals surface area contributed by atoms with Gasteiger partial charge in [0.15, 0.2) is 0 Å². The fourth-order valence-electron chi connectivity index (χ4n) is 2.66. The molecule has 0 heterocycles. The van der Waals surface area contributed by atoms with E-state index in [2.05, 4.69) is 6.92 Å². The zero-order chi connectivity index (χ0) is 18.3. The van der Waals surface area contributed by atoms with Gasteiger partial charge in [0.05, 0.1) is 4.90 Å². The second kappa shape index (κ2) is 11.4. The smallest absolute Gasteiger partial charge is 0.872 e. The number of hydrogen-bond donors (Lipinski definition) is 1. The van der Waals surface area contributed by atoms with Crippen molar-refractivity contribution in [2.75, 3.05) is 0 Å². The summed E-state index contributed by atoms with van der Waals surface area (Å²) in [6.45, 7) is 2.13. The van der Waals surface area contributed by atoms with Gasteiger partial charge in [-0.15, -0.1) is 5.75 Å². The average molecular weight is 403 g/mol. The van der Waals surface area contributed by atoms with Gasteiger partial charge in [0.2, 0.25) is 0 Å². The van der Waals surface area contributed by atoms with Gasteiger partial charge in [-0.3, -0.25) is 4.55 Å². The largest absolute Gasteiger partial charge is 1.00 e. The SMILES string of the molecule is CCCCCCCc1cc(Oc2cccc([O-])c2)ccc1S(=O)(=O)O.[K+]. The van der Waals surface area contributed by atoms with Crippen molar-refractivity contribution in [3.8, 4) is 17.2 Å². The third kappa shape index (κ3) is 7.68. The zero-order valence-electron chi connectivity index (χ0n) is 15.3. The molecule has 0 aliphatic heterocycles. The van der Waals surface area contributed by atoms with E-state index in [1.807, 2.05) is 0 Å². The third-order valence-corrected chi connectivity index (χ3v) is 4.85. The number of rotatable bonds is 9. The van der Waals surface area contributed by atoms with E-state index in [-0.39, 0.29) is 62.0 Å². The Morgan fingerprint density at radius 2 is 1.69 bits per heavy atom. The van der Waals surface area contributed by atoms with E-state index < -0.39 is 10.1 Å². The van der Waals surface area contributed by atoms with Crippen molar-refractivity contribution in [1.82, 2.24) is 0 Å². The Hall–Kier alpha value is -0.414. The molecule has 7 heteroatoms. The van der Waals surface area contributed by atoms with Gasteiger partial charge >= 0.3 is 51.4 Å². The van der Waals surface area contributed by atoms with Crippen LogP contribution in [0.2, 0.25) is 0 Å².